The summed E-state index contributed by atoms with van der Waals surface area (Å²) < 4.78 is 8.96. The van der Waals surface area contributed by atoms with Crippen LogP contribution in [0.3, 0.4) is 0 Å². The molecule has 1 heterocycles. The third-order valence-electron chi connectivity index (χ3n) is 2.12. The lowest BCUT2D eigenvalue weighted by atomic mass is 10.0. The number of carbonyl (C=O) groups excluding carboxylic acids is 1. The van der Waals surface area contributed by atoms with Crippen molar-refractivity contribution in [3.05, 3.63) is 0 Å². The molecule has 5 unspecified atom stereocenters. The quantitative estimate of drug-likeness (QED) is 0.354. The molecule has 1 rings (SSSR count). The van der Waals surface area contributed by atoms with Gasteiger partial charge in [0.1, 0.15) is 12.2 Å². The molecule has 0 bridgehead atoms. The first-order valence-corrected chi connectivity index (χ1v) is 4.02. The first-order valence-electron chi connectivity index (χ1n) is 4.02. The fraction of sp³-hybridized carbons (Fsp3) is 0.857. The minimum atomic E-state index is -1.61. The molecule has 7 heteroatoms. The normalized spacial score (nSPS) is 39.5. The van der Waals surface area contributed by atoms with Crippen LogP contribution < -0.4 is 5.73 Å². The summed E-state index contributed by atoms with van der Waals surface area (Å²) in [4.78, 5) is 10.9. The zero-order valence-electron chi connectivity index (χ0n) is 7.53. The Balaban J connectivity index is 2.66. The number of nitrogens with two attached hydrogens (primary N) is 1. The monoisotopic (exact) mass is 207 g/mol. The molecule has 0 radical (unpaired) electrons. The lowest BCUT2D eigenvalue weighted by Gasteiger charge is -2.18. The number of hydrogen-bond donors (Lipinski definition) is 4. The number of aliphatic hydroxyl groups is 3. The molecule has 0 spiro atoms. The van der Waals surface area contributed by atoms with Crippen LogP contribution in [0.2, 0.25) is 0 Å². The Morgan fingerprint density at radius 2 is 2.14 bits per heavy atom. The number of methoxy groups -OCH3 is 1. The van der Waals surface area contributed by atoms with Crippen molar-refractivity contribution in [3.8, 4) is 0 Å². The van der Waals surface area contributed by atoms with Crippen LogP contribution in [-0.2, 0) is 14.3 Å². The van der Waals surface area contributed by atoms with Gasteiger partial charge in [-0.25, -0.2) is 4.79 Å². The van der Waals surface area contributed by atoms with Gasteiger partial charge in [-0.2, -0.15) is 0 Å². The number of carbonyl (C=O) groups is 1. The van der Waals surface area contributed by atoms with Crippen LogP contribution in [0.15, 0.2) is 0 Å². The highest BCUT2D eigenvalue weighted by molar-refractivity contribution is 5.75. The Morgan fingerprint density at radius 1 is 1.57 bits per heavy atom. The van der Waals surface area contributed by atoms with Crippen molar-refractivity contribution >= 4 is 5.97 Å². The molecule has 0 saturated carbocycles. The van der Waals surface area contributed by atoms with E-state index < -0.39 is 36.6 Å². The number of ether oxygens (including phenoxy) is 2. The van der Waals surface area contributed by atoms with E-state index >= 15 is 0 Å². The van der Waals surface area contributed by atoms with E-state index in [1.807, 2.05) is 0 Å². The van der Waals surface area contributed by atoms with Crippen LogP contribution in [0.5, 0.6) is 0 Å². The van der Waals surface area contributed by atoms with Crippen molar-refractivity contribution in [1.29, 1.82) is 0 Å². The molecule has 0 aliphatic carbocycles. The van der Waals surface area contributed by atoms with Gasteiger partial charge in [0.25, 0.3) is 0 Å². The van der Waals surface area contributed by atoms with E-state index in [0.717, 1.165) is 7.11 Å². The minimum Gasteiger partial charge on any atom is -0.467 e. The average Bonchev–Trinajstić information content (AvgIpc) is 2.43. The van der Waals surface area contributed by atoms with Crippen molar-refractivity contribution in [2.24, 2.45) is 5.73 Å². The molecular weight excluding hydrogens is 194 g/mol. The van der Waals surface area contributed by atoms with Gasteiger partial charge < -0.3 is 30.5 Å². The molecule has 0 aromatic carbocycles. The second kappa shape index (κ2) is 4.20. The van der Waals surface area contributed by atoms with E-state index in [2.05, 4.69) is 4.74 Å². The van der Waals surface area contributed by atoms with Crippen LogP contribution in [0.1, 0.15) is 0 Å². The SMILES string of the molecule is COC(=O)C(O)C1OC(O)C(O)C1N. The second-order valence-corrected chi connectivity index (χ2v) is 3.03. The molecule has 7 nitrogen and oxygen atoms in total. The van der Waals surface area contributed by atoms with Crippen molar-refractivity contribution in [2.45, 2.75) is 30.6 Å². The molecule has 5 N–H and O–H groups in total. The number of esters is 1. The van der Waals surface area contributed by atoms with Crippen LogP contribution in [0, 0.1) is 0 Å². The minimum absolute atomic E-state index is 0.924. The highest BCUT2D eigenvalue weighted by Crippen LogP contribution is 2.21. The smallest absolute Gasteiger partial charge is 0.337 e. The molecule has 82 valence electrons. The maximum atomic E-state index is 10.9. The Hall–Kier alpha value is -0.730. The summed E-state index contributed by atoms with van der Waals surface area (Å²) in [6.07, 6.45) is -5.58. The Kier molecular flexibility index (Phi) is 3.40. The van der Waals surface area contributed by atoms with Gasteiger partial charge in [-0.1, -0.05) is 0 Å². The molecule has 0 amide bonds. The molecule has 1 fully saturated rings. The predicted octanol–water partition coefficient (Wildman–Crippen LogP) is -3.07. The van der Waals surface area contributed by atoms with Crippen LogP contribution in [0.4, 0.5) is 0 Å². The average molecular weight is 207 g/mol. The van der Waals surface area contributed by atoms with Gasteiger partial charge in [-0.15, -0.1) is 0 Å². The van der Waals surface area contributed by atoms with Crippen LogP contribution in [0.25, 0.3) is 0 Å². The van der Waals surface area contributed by atoms with E-state index in [-0.39, 0.29) is 0 Å². The number of aliphatic hydroxyl groups excluding tert-OH is 3. The second-order valence-electron chi connectivity index (χ2n) is 3.03. The Labute approximate surface area is 80.0 Å². The van der Waals surface area contributed by atoms with Gasteiger partial charge in [0.2, 0.25) is 0 Å². The summed E-state index contributed by atoms with van der Waals surface area (Å²) in [7, 11) is 1.10. The molecular formula is C7H13NO6. The van der Waals surface area contributed by atoms with E-state index in [9.17, 15) is 15.0 Å². The van der Waals surface area contributed by atoms with E-state index in [4.69, 9.17) is 15.6 Å². The maximum absolute atomic E-state index is 10.9. The topological polar surface area (TPSA) is 122 Å². The third kappa shape index (κ3) is 1.86. The molecule has 0 aromatic rings. The van der Waals surface area contributed by atoms with Gasteiger partial charge in [0.15, 0.2) is 12.4 Å². The van der Waals surface area contributed by atoms with Gasteiger partial charge in [0.05, 0.1) is 13.2 Å². The summed E-state index contributed by atoms with van der Waals surface area (Å²) in [5, 5.41) is 27.5. The summed E-state index contributed by atoms with van der Waals surface area (Å²) in [6, 6.07) is -1.03. The summed E-state index contributed by atoms with van der Waals surface area (Å²) >= 11 is 0. The largest absolute Gasteiger partial charge is 0.467 e. The zero-order valence-corrected chi connectivity index (χ0v) is 7.53. The molecule has 1 saturated heterocycles. The summed E-state index contributed by atoms with van der Waals surface area (Å²) in [6.45, 7) is 0. The van der Waals surface area contributed by atoms with Crippen LogP contribution >= 0.6 is 0 Å². The van der Waals surface area contributed by atoms with Gasteiger partial charge in [-0.3, -0.25) is 0 Å². The highest BCUT2D eigenvalue weighted by Gasteiger charge is 2.46. The summed E-state index contributed by atoms with van der Waals surface area (Å²) in [5.74, 6) is -0.924. The van der Waals surface area contributed by atoms with Crippen molar-refractivity contribution < 1.29 is 29.6 Å². The Morgan fingerprint density at radius 3 is 2.50 bits per heavy atom. The molecule has 5 atom stereocenters. The molecule has 1 aliphatic heterocycles. The van der Waals surface area contributed by atoms with Crippen molar-refractivity contribution in [1.82, 2.24) is 0 Å². The fourth-order valence-electron chi connectivity index (χ4n) is 1.26. The third-order valence-corrected chi connectivity index (χ3v) is 2.12. The highest BCUT2D eigenvalue weighted by atomic mass is 16.6. The van der Waals surface area contributed by atoms with Gasteiger partial charge in [0, 0.05) is 0 Å². The predicted molar refractivity (Wildman–Crippen MR) is 42.9 cm³/mol. The summed E-state index contributed by atoms with van der Waals surface area (Å²) in [5.41, 5.74) is 5.40. The maximum Gasteiger partial charge on any atom is 0.337 e. The van der Waals surface area contributed by atoms with Gasteiger partial charge in [-0.05, 0) is 0 Å². The number of rotatable bonds is 2. The van der Waals surface area contributed by atoms with E-state index in [1.54, 1.807) is 0 Å². The van der Waals surface area contributed by atoms with Gasteiger partial charge >= 0.3 is 5.97 Å². The lowest BCUT2D eigenvalue weighted by molar-refractivity contribution is -0.171. The van der Waals surface area contributed by atoms with Crippen molar-refractivity contribution in [3.63, 3.8) is 0 Å². The van der Waals surface area contributed by atoms with E-state index in [0.29, 0.717) is 0 Å². The van der Waals surface area contributed by atoms with Crippen LogP contribution in [-0.4, -0.2) is 59.0 Å². The lowest BCUT2D eigenvalue weighted by Crippen LogP contribution is -2.48. The van der Waals surface area contributed by atoms with E-state index in [1.165, 1.54) is 0 Å². The fourth-order valence-corrected chi connectivity index (χ4v) is 1.26. The first kappa shape index (κ1) is 11.3. The molecule has 0 aromatic heterocycles. The molecule has 14 heavy (non-hydrogen) atoms. The standard InChI is InChI=1S/C7H13NO6/c1-13-6(11)4(10)5-2(8)3(9)7(12)14-5/h2-5,7,9-10,12H,8H2,1H3. The Bertz CT molecular complexity index is 222. The zero-order chi connectivity index (χ0) is 10.9. The first-order chi connectivity index (χ1) is 6.49. The van der Waals surface area contributed by atoms with Crippen molar-refractivity contribution in [2.75, 3.05) is 7.11 Å². The number of hydrogen-bond acceptors (Lipinski definition) is 7. The molecule has 1 aliphatic rings.